The van der Waals surface area contributed by atoms with Crippen LogP contribution in [0.25, 0.3) is 0 Å². The molecule has 562 valence electrons. The smallest absolute Gasteiger partial charge is 0.246 e. The normalized spacial score (nSPS) is 24.9. The molecular formula is C78H116N16O9. The number of likely N-dealkylation sites (N-methyl/N-ethyl adjacent to an activating group) is 2. The van der Waals surface area contributed by atoms with E-state index in [9.17, 15) is 39.0 Å². The number of nitrogens with two attached hydrogens (primary N) is 2. The van der Waals surface area contributed by atoms with Gasteiger partial charge in [-0.1, -0.05) is 129 Å². The second kappa shape index (κ2) is 40.6. The van der Waals surface area contributed by atoms with E-state index in [-0.39, 0.29) is 103 Å². The number of allylic oxidation sites excluding steroid dienone is 3. The van der Waals surface area contributed by atoms with Gasteiger partial charge >= 0.3 is 0 Å². The molecule has 12 unspecified atom stereocenters. The molecule has 9 rings (SSSR count). The second-order valence-electron chi connectivity index (χ2n) is 29.1. The number of carbonyl (C=O) groups is 7. The van der Waals surface area contributed by atoms with Crippen molar-refractivity contribution in [3.05, 3.63) is 132 Å². The van der Waals surface area contributed by atoms with E-state index < -0.39 is 54.3 Å². The van der Waals surface area contributed by atoms with Crippen LogP contribution in [0.5, 0.6) is 0 Å². The highest BCUT2D eigenvalue weighted by Gasteiger charge is 2.50. The molecule has 0 aromatic heterocycles. The van der Waals surface area contributed by atoms with Crippen molar-refractivity contribution >= 4 is 52.8 Å². The number of nitrogens with one attached hydrogen (secondary N) is 10. The fraction of sp³-hybridized carbons (Fsp3) is 0.603. The zero-order chi connectivity index (χ0) is 73.2. The molecule has 2 aliphatic carbocycles. The van der Waals surface area contributed by atoms with Gasteiger partial charge in [-0.2, -0.15) is 0 Å². The van der Waals surface area contributed by atoms with E-state index in [2.05, 4.69) is 54.7 Å². The van der Waals surface area contributed by atoms with Gasteiger partial charge in [0.05, 0.1) is 50.5 Å². The summed E-state index contributed by atoms with van der Waals surface area (Å²) >= 11 is 0. The standard InChI is InChI=1S/C78H116N16O9/c1-5-64(83-3)73(96)89-71-58(46-85-45-52-19-11-7-12-20-52)31-34-61-37-39-67(94(61)77(71)100)76(99)88-70(57-25-17-10-18-26-57)63(80)49-92(82)42-44-103-51-54-29-27-53(28-30-54)50-102-43-41-91(81)48-60(79)33-40-68(95)86-47-59-32-35-62-36-38-66(93(62)78(101)72(59)90-74(97)65(6-2)84-4)75(98)87-69(55-21-13-8-14-22-55)56-23-15-9-16-24-56/h7-25,53-54,57-59,61-62,64-67,69-72,79-80,83-85H,5-6,26-51,81-82H2,1-4H3,(H,86,95)(H,87,98)(H,88,99)(H,89,96)(H,90,97). The number of benzene rings is 3. The lowest BCUT2D eigenvalue weighted by molar-refractivity contribution is -0.143. The maximum atomic E-state index is 14.8. The Bertz CT molecular complexity index is 3260. The minimum Gasteiger partial charge on any atom is -0.380 e. The first-order valence-corrected chi connectivity index (χ1v) is 37.9. The number of hydrazine groups is 2. The molecule has 6 aliphatic rings. The third kappa shape index (κ3) is 22.7. The molecule has 3 aromatic rings. The van der Waals surface area contributed by atoms with E-state index in [0.717, 1.165) is 42.4 Å². The summed E-state index contributed by atoms with van der Waals surface area (Å²) in [5.41, 5.74) is 3.52. The Morgan fingerprint density at radius 1 is 0.592 bits per heavy atom. The highest BCUT2D eigenvalue weighted by Crippen LogP contribution is 2.37. The van der Waals surface area contributed by atoms with Gasteiger partial charge in [0.2, 0.25) is 41.4 Å². The molecule has 0 radical (unpaired) electrons. The van der Waals surface area contributed by atoms with Crippen LogP contribution < -0.4 is 54.2 Å². The molecule has 103 heavy (non-hydrogen) atoms. The summed E-state index contributed by atoms with van der Waals surface area (Å²) in [6.45, 7) is 8.15. The number of hydrogen-bond acceptors (Lipinski definition) is 18. The molecule has 4 saturated heterocycles. The third-order valence-electron chi connectivity index (χ3n) is 22.0. The van der Waals surface area contributed by atoms with Crippen molar-refractivity contribution in [1.29, 1.82) is 10.8 Å². The number of hydrogen-bond donors (Lipinski definition) is 12. The Kier molecular flexibility index (Phi) is 31.4. The zero-order valence-electron chi connectivity index (χ0n) is 61.0. The van der Waals surface area contributed by atoms with Crippen molar-refractivity contribution in [2.75, 3.05) is 79.8 Å². The van der Waals surface area contributed by atoms with Crippen molar-refractivity contribution in [1.82, 2.24) is 62.4 Å². The minimum atomic E-state index is -0.973. The van der Waals surface area contributed by atoms with Crippen LogP contribution in [-0.4, -0.2) is 207 Å². The summed E-state index contributed by atoms with van der Waals surface area (Å²) in [7, 11) is 3.44. The molecule has 5 fully saturated rings. The molecule has 7 amide bonds. The van der Waals surface area contributed by atoms with E-state index in [1.165, 1.54) is 5.01 Å². The van der Waals surface area contributed by atoms with E-state index in [0.29, 0.717) is 141 Å². The van der Waals surface area contributed by atoms with Gasteiger partial charge in [-0.25, -0.2) is 10.0 Å². The van der Waals surface area contributed by atoms with Gasteiger partial charge in [-0.15, -0.1) is 0 Å². The Morgan fingerprint density at radius 3 is 1.57 bits per heavy atom. The fourth-order valence-corrected chi connectivity index (χ4v) is 16.0. The summed E-state index contributed by atoms with van der Waals surface area (Å²) in [5, 5.41) is 46.4. The fourth-order valence-electron chi connectivity index (χ4n) is 16.0. The average Bonchev–Trinajstić information content (AvgIpc) is 1.64. The molecule has 0 bridgehead atoms. The molecule has 12 atom stereocenters. The van der Waals surface area contributed by atoms with Crippen LogP contribution >= 0.6 is 0 Å². The van der Waals surface area contributed by atoms with Crippen LogP contribution in [0, 0.1) is 40.4 Å². The maximum Gasteiger partial charge on any atom is 0.246 e. The molecule has 4 heterocycles. The van der Waals surface area contributed by atoms with Crippen LogP contribution in [0.1, 0.15) is 146 Å². The van der Waals surface area contributed by atoms with Gasteiger partial charge in [0, 0.05) is 93.6 Å². The van der Waals surface area contributed by atoms with Crippen molar-refractivity contribution < 1.29 is 43.0 Å². The van der Waals surface area contributed by atoms with Crippen LogP contribution in [0.3, 0.4) is 0 Å². The summed E-state index contributed by atoms with van der Waals surface area (Å²) in [5.74, 6) is 10.9. The van der Waals surface area contributed by atoms with Crippen LogP contribution in [-0.2, 0) is 49.6 Å². The first-order chi connectivity index (χ1) is 50.0. The highest BCUT2D eigenvalue weighted by atomic mass is 16.5. The first-order valence-electron chi connectivity index (χ1n) is 37.9. The molecular weight excluding hydrogens is 1300 g/mol. The third-order valence-corrected chi connectivity index (χ3v) is 22.0. The lowest BCUT2D eigenvalue weighted by Gasteiger charge is -2.35. The molecule has 4 aliphatic heterocycles. The zero-order valence-corrected chi connectivity index (χ0v) is 61.0. The molecule has 25 nitrogen and oxygen atoms in total. The van der Waals surface area contributed by atoms with Crippen molar-refractivity contribution in [2.45, 2.75) is 190 Å². The Hall–Kier alpha value is -7.59. The number of carbonyl (C=O) groups excluding carboxylic acids is 7. The minimum absolute atomic E-state index is 0.0524. The quantitative estimate of drug-likeness (QED) is 0.0156. The SMILES string of the molecule is CCC(NC)C(=O)NC1C(=O)N2C(CCC1CNC(=O)CCC(=N)CN(N)CCOCC1CCC(COCCN(N)CC(=N)C(NC(=O)C3CCC4CCC(CNCc5ccccc5)C(NC(=O)C(CC)NC)C(=O)N43)C3C=CC=CC3)CC1)CCC2C(=O)NC(c1ccccc1)c1ccccc1. The lowest BCUT2D eigenvalue weighted by Crippen LogP contribution is -2.60. The van der Waals surface area contributed by atoms with Gasteiger partial charge in [0.15, 0.2) is 0 Å². The molecule has 25 heteroatoms. The number of nitrogens with zero attached hydrogens (tertiary/aromatic N) is 4. The monoisotopic (exact) mass is 1420 g/mol. The number of fused-ring (bicyclic) bond motifs is 2. The Balaban J connectivity index is 0.657. The highest BCUT2D eigenvalue weighted by molar-refractivity contribution is 5.98. The predicted molar refractivity (Wildman–Crippen MR) is 399 cm³/mol. The Labute approximate surface area is 609 Å². The summed E-state index contributed by atoms with van der Waals surface area (Å²) < 4.78 is 12.3. The van der Waals surface area contributed by atoms with Crippen molar-refractivity contribution in [2.24, 2.45) is 41.3 Å². The van der Waals surface area contributed by atoms with Crippen molar-refractivity contribution in [3.8, 4) is 0 Å². The van der Waals surface area contributed by atoms with E-state index in [4.69, 9.17) is 26.6 Å². The van der Waals surface area contributed by atoms with Crippen LogP contribution in [0.15, 0.2) is 115 Å². The van der Waals surface area contributed by atoms with Gasteiger partial charge in [-0.3, -0.25) is 45.2 Å². The molecule has 1 saturated carbocycles. The average molecular weight is 1420 g/mol. The largest absolute Gasteiger partial charge is 0.380 e. The maximum absolute atomic E-state index is 14.8. The predicted octanol–water partition coefficient (Wildman–Crippen LogP) is 4.93. The second-order valence-corrected chi connectivity index (χ2v) is 29.1. The van der Waals surface area contributed by atoms with Crippen LogP contribution in [0.4, 0.5) is 0 Å². The van der Waals surface area contributed by atoms with Crippen molar-refractivity contribution in [3.63, 3.8) is 0 Å². The van der Waals surface area contributed by atoms with Gasteiger partial charge < -0.3 is 72.6 Å². The summed E-state index contributed by atoms with van der Waals surface area (Å²) in [6.07, 6.45) is 18.7. The first kappa shape index (κ1) is 79.5. The lowest BCUT2D eigenvalue weighted by atomic mass is 9.83. The topological polar surface area (TPSA) is 347 Å². The molecule has 3 aromatic carbocycles. The molecule has 14 N–H and O–H groups in total. The van der Waals surface area contributed by atoms with Gasteiger partial charge in [-0.05, 0) is 145 Å². The van der Waals surface area contributed by atoms with Gasteiger partial charge in [0.25, 0.3) is 0 Å². The summed E-state index contributed by atoms with van der Waals surface area (Å²) in [4.78, 5) is 103. The number of rotatable bonds is 39. The van der Waals surface area contributed by atoms with E-state index in [1.807, 2.05) is 117 Å². The molecule has 0 spiro atoms. The Morgan fingerprint density at radius 2 is 1.08 bits per heavy atom. The summed E-state index contributed by atoms with van der Waals surface area (Å²) in [6, 6.07) is 23.8. The van der Waals surface area contributed by atoms with E-state index in [1.54, 1.807) is 28.9 Å². The van der Waals surface area contributed by atoms with E-state index >= 15 is 0 Å². The van der Waals surface area contributed by atoms with Crippen LogP contribution in [0.2, 0.25) is 0 Å². The number of ether oxygens (including phenoxy) is 2. The van der Waals surface area contributed by atoms with Gasteiger partial charge in [0.1, 0.15) is 24.2 Å². The number of amides is 7.